The Morgan fingerprint density at radius 2 is 1.88 bits per heavy atom. The van der Waals surface area contributed by atoms with Gasteiger partial charge in [0.2, 0.25) is 0 Å². The highest BCUT2D eigenvalue weighted by Gasteiger charge is 2.14. The van der Waals surface area contributed by atoms with Gasteiger partial charge in [-0.3, -0.25) is 0 Å². The van der Waals surface area contributed by atoms with Crippen LogP contribution >= 0.6 is 0 Å². The first-order valence-electron chi connectivity index (χ1n) is 8.72. The highest BCUT2D eigenvalue weighted by atomic mass is 16.5. The second-order valence-electron chi connectivity index (χ2n) is 6.05. The summed E-state index contributed by atoms with van der Waals surface area (Å²) in [6.07, 6.45) is 1.09. The highest BCUT2D eigenvalue weighted by Crippen LogP contribution is 2.30. The lowest BCUT2D eigenvalue weighted by atomic mass is 10.1. The topological polar surface area (TPSA) is 43.6 Å². The molecule has 4 nitrogen and oxygen atoms in total. The van der Waals surface area contributed by atoms with Gasteiger partial charge in [-0.25, -0.2) is 0 Å². The van der Waals surface area contributed by atoms with Crippen LogP contribution in [-0.2, 0) is 24.5 Å². The Balaban J connectivity index is 1.81. The third kappa shape index (κ3) is 4.41. The Kier molecular flexibility index (Phi) is 6.09. The van der Waals surface area contributed by atoms with Gasteiger partial charge in [-0.05, 0) is 36.7 Å². The molecule has 3 rings (SSSR count). The van der Waals surface area contributed by atoms with E-state index in [0.29, 0.717) is 19.8 Å². The van der Waals surface area contributed by atoms with Crippen molar-refractivity contribution in [2.24, 2.45) is 0 Å². The summed E-state index contributed by atoms with van der Waals surface area (Å²) in [6, 6.07) is 16.1. The molecule has 0 unspecified atom stereocenters. The number of ether oxygens (including phenoxy) is 2. The van der Waals surface area contributed by atoms with Crippen molar-refractivity contribution in [1.82, 2.24) is 5.32 Å². The first-order valence-corrected chi connectivity index (χ1v) is 8.72. The SMILES string of the molecule is CCCNCc1oc2ccc(OCc3ccccc3)cc2c1COC. The van der Waals surface area contributed by atoms with E-state index in [1.54, 1.807) is 7.11 Å². The molecule has 0 atom stereocenters. The van der Waals surface area contributed by atoms with E-state index >= 15 is 0 Å². The van der Waals surface area contributed by atoms with Crippen LogP contribution < -0.4 is 10.1 Å². The number of fused-ring (bicyclic) bond motifs is 1. The molecule has 0 aliphatic carbocycles. The van der Waals surface area contributed by atoms with Gasteiger partial charge in [-0.2, -0.15) is 0 Å². The number of hydrogen-bond donors (Lipinski definition) is 1. The lowest BCUT2D eigenvalue weighted by molar-refractivity contribution is 0.183. The first kappa shape index (κ1) is 17.5. The van der Waals surface area contributed by atoms with E-state index < -0.39 is 0 Å². The number of benzene rings is 2. The molecule has 1 N–H and O–H groups in total. The number of methoxy groups -OCH3 is 1. The van der Waals surface area contributed by atoms with Crippen LogP contribution in [-0.4, -0.2) is 13.7 Å². The lowest BCUT2D eigenvalue weighted by Gasteiger charge is -2.07. The van der Waals surface area contributed by atoms with Crippen LogP contribution in [0.5, 0.6) is 5.75 Å². The average molecular weight is 339 g/mol. The van der Waals surface area contributed by atoms with Gasteiger partial charge in [0.15, 0.2) is 0 Å². The third-order valence-electron chi connectivity index (χ3n) is 4.10. The minimum absolute atomic E-state index is 0.526. The predicted molar refractivity (Wildman–Crippen MR) is 99.7 cm³/mol. The summed E-state index contributed by atoms with van der Waals surface area (Å²) < 4.78 is 17.3. The van der Waals surface area contributed by atoms with E-state index in [0.717, 1.165) is 46.6 Å². The van der Waals surface area contributed by atoms with Crippen molar-refractivity contribution in [2.75, 3.05) is 13.7 Å². The van der Waals surface area contributed by atoms with Gasteiger partial charge < -0.3 is 19.2 Å². The van der Waals surface area contributed by atoms with Gasteiger partial charge in [0.25, 0.3) is 0 Å². The van der Waals surface area contributed by atoms with Gasteiger partial charge in [0.05, 0.1) is 13.2 Å². The van der Waals surface area contributed by atoms with Crippen molar-refractivity contribution < 1.29 is 13.9 Å². The van der Waals surface area contributed by atoms with Gasteiger partial charge in [-0.15, -0.1) is 0 Å². The van der Waals surface area contributed by atoms with Crippen LogP contribution in [0.15, 0.2) is 52.9 Å². The second-order valence-corrected chi connectivity index (χ2v) is 6.05. The lowest BCUT2D eigenvalue weighted by Crippen LogP contribution is -2.14. The van der Waals surface area contributed by atoms with Crippen LogP contribution in [0.3, 0.4) is 0 Å². The monoisotopic (exact) mass is 339 g/mol. The Labute approximate surface area is 148 Å². The van der Waals surface area contributed by atoms with Crippen molar-refractivity contribution in [3.63, 3.8) is 0 Å². The van der Waals surface area contributed by atoms with Crippen molar-refractivity contribution in [1.29, 1.82) is 0 Å². The standard InChI is InChI=1S/C21H25NO3/c1-3-11-22-13-21-19(15-23-2)18-12-17(9-10-20(18)25-21)24-14-16-7-5-4-6-8-16/h4-10,12,22H,3,11,13-15H2,1-2H3. The molecular weight excluding hydrogens is 314 g/mol. The molecule has 4 heteroatoms. The zero-order valence-corrected chi connectivity index (χ0v) is 14.9. The molecule has 1 aromatic heterocycles. The van der Waals surface area contributed by atoms with E-state index in [-0.39, 0.29) is 0 Å². The number of rotatable bonds is 9. The zero-order chi connectivity index (χ0) is 17.5. The molecule has 0 amide bonds. The summed E-state index contributed by atoms with van der Waals surface area (Å²) in [6.45, 7) is 4.90. The quantitative estimate of drug-likeness (QED) is 0.576. The molecule has 0 spiro atoms. The van der Waals surface area contributed by atoms with E-state index in [1.807, 2.05) is 36.4 Å². The molecule has 0 radical (unpaired) electrons. The maximum atomic E-state index is 6.02. The summed E-state index contributed by atoms with van der Waals surface area (Å²) in [5, 5.41) is 4.45. The molecule has 25 heavy (non-hydrogen) atoms. The molecule has 0 aliphatic heterocycles. The predicted octanol–water partition coefficient (Wildman–Crippen LogP) is 4.66. The largest absolute Gasteiger partial charge is 0.489 e. The number of nitrogens with one attached hydrogen (secondary N) is 1. The van der Waals surface area contributed by atoms with Gasteiger partial charge in [-0.1, -0.05) is 37.3 Å². The minimum atomic E-state index is 0.526. The molecule has 0 bridgehead atoms. The molecule has 1 heterocycles. The van der Waals surface area contributed by atoms with Gasteiger partial charge >= 0.3 is 0 Å². The zero-order valence-electron chi connectivity index (χ0n) is 14.9. The number of hydrogen-bond acceptors (Lipinski definition) is 4. The van der Waals surface area contributed by atoms with E-state index in [4.69, 9.17) is 13.9 Å². The van der Waals surface area contributed by atoms with Crippen LogP contribution in [0.25, 0.3) is 11.0 Å². The molecule has 0 fully saturated rings. The van der Waals surface area contributed by atoms with E-state index in [1.165, 1.54) is 0 Å². The average Bonchev–Trinajstić information content (AvgIpc) is 2.98. The van der Waals surface area contributed by atoms with Gasteiger partial charge in [0.1, 0.15) is 23.7 Å². The fourth-order valence-electron chi connectivity index (χ4n) is 2.83. The Bertz CT molecular complexity index is 796. The van der Waals surface area contributed by atoms with Crippen molar-refractivity contribution in [3.8, 4) is 5.75 Å². The summed E-state index contributed by atoms with van der Waals surface area (Å²) >= 11 is 0. The van der Waals surface area contributed by atoms with Crippen LogP contribution in [0.2, 0.25) is 0 Å². The Morgan fingerprint density at radius 3 is 2.64 bits per heavy atom. The fraction of sp³-hybridized carbons (Fsp3) is 0.333. The Morgan fingerprint density at radius 1 is 1.04 bits per heavy atom. The van der Waals surface area contributed by atoms with E-state index in [2.05, 4.69) is 24.4 Å². The van der Waals surface area contributed by atoms with Crippen LogP contribution in [0.4, 0.5) is 0 Å². The summed E-state index contributed by atoms with van der Waals surface area (Å²) in [7, 11) is 1.71. The maximum absolute atomic E-state index is 6.02. The first-order chi connectivity index (χ1) is 12.3. The highest BCUT2D eigenvalue weighted by molar-refractivity contribution is 5.83. The molecule has 2 aromatic carbocycles. The van der Waals surface area contributed by atoms with Crippen LogP contribution in [0.1, 0.15) is 30.2 Å². The van der Waals surface area contributed by atoms with E-state index in [9.17, 15) is 0 Å². The summed E-state index contributed by atoms with van der Waals surface area (Å²) in [5.41, 5.74) is 3.11. The summed E-state index contributed by atoms with van der Waals surface area (Å²) in [4.78, 5) is 0. The molecular formula is C21H25NO3. The van der Waals surface area contributed by atoms with Gasteiger partial charge in [0, 0.05) is 18.1 Å². The third-order valence-corrected chi connectivity index (χ3v) is 4.10. The summed E-state index contributed by atoms with van der Waals surface area (Å²) in [5.74, 6) is 1.77. The molecule has 0 saturated heterocycles. The van der Waals surface area contributed by atoms with Crippen LogP contribution in [0, 0.1) is 0 Å². The molecule has 0 aliphatic rings. The van der Waals surface area contributed by atoms with Crippen molar-refractivity contribution in [3.05, 3.63) is 65.4 Å². The number of furan rings is 1. The Hall–Kier alpha value is -2.30. The normalized spacial score (nSPS) is 11.1. The maximum Gasteiger partial charge on any atom is 0.135 e. The van der Waals surface area contributed by atoms with Crippen molar-refractivity contribution >= 4 is 11.0 Å². The van der Waals surface area contributed by atoms with Crippen molar-refractivity contribution in [2.45, 2.75) is 33.1 Å². The second kappa shape index (κ2) is 8.70. The smallest absolute Gasteiger partial charge is 0.135 e. The molecule has 3 aromatic rings. The molecule has 132 valence electrons. The fourth-order valence-corrected chi connectivity index (χ4v) is 2.83. The minimum Gasteiger partial charge on any atom is -0.489 e. The molecule has 0 saturated carbocycles.